The molecule has 0 amide bonds. The molecule has 0 aliphatic carbocycles. The van der Waals surface area contributed by atoms with Gasteiger partial charge in [-0.05, 0) is 26.0 Å². The van der Waals surface area contributed by atoms with Gasteiger partial charge in [-0.1, -0.05) is 6.07 Å². The number of rotatable bonds is 6. The van der Waals surface area contributed by atoms with Gasteiger partial charge in [0.2, 0.25) is 0 Å². The summed E-state index contributed by atoms with van der Waals surface area (Å²) in [5.41, 5.74) is 0.868. The van der Waals surface area contributed by atoms with Gasteiger partial charge in [-0.15, -0.1) is 21.5 Å². The summed E-state index contributed by atoms with van der Waals surface area (Å²) in [5.74, 6) is 1.73. The Labute approximate surface area is 144 Å². The van der Waals surface area contributed by atoms with E-state index in [-0.39, 0.29) is 0 Å². The Bertz CT molecular complexity index is 821. The lowest BCUT2D eigenvalue weighted by atomic mass is 10.4. The molecule has 0 atom stereocenters. The third-order valence-corrected chi connectivity index (χ3v) is 4.31. The van der Waals surface area contributed by atoms with E-state index in [0.717, 1.165) is 41.9 Å². The lowest BCUT2D eigenvalue weighted by Gasteiger charge is -2.10. The van der Waals surface area contributed by atoms with Gasteiger partial charge in [0, 0.05) is 36.8 Å². The van der Waals surface area contributed by atoms with E-state index < -0.39 is 0 Å². The van der Waals surface area contributed by atoms with Crippen LogP contribution in [0.1, 0.15) is 22.6 Å². The maximum Gasteiger partial charge on any atom is 0.191 e. The molecule has 126 valence electrons. The van der Waals surface area contributed by atoms with Crippen molar-refractivity contribution in [2.45, 2.75) is 26.8 Å². The van der Waals surface area contributed by atoms with Gasteiger partial charge in [-0.3, -0.25) is 4.40 Å². The Hall–Kier alpha value is -2.48. The van der Waals surface area contributed by atoms with Crippen LogP contribution in [0.25, 0.3) is 5.65 Å². The molecule has 3 heterocycles. The van der Waals surface area contributed by atoms with Gasteiger partial charge in [-0.25, -0.2) is 9.98 Å². The minimum Gasteiger partial charge on any atom is -0.357 e. The van der Waals surface area contributed by atoms with Crippen LogP contribution in [-0.4, -0.2) is 38.6 Å². The number of fused-ring (bicyclic) bond motifs is 1. The van der Waals surface area contributed by atoms with E-state index in [1.54, 1.807) is 11.3 Å². The quantitative estimate of drug-likeness (QED) is 0.527. The molecule has 0 aliphatic rings. The van der Waals surface area contributed by atoms with Gasteiger partial charge in [0.05, 0.1) is 6.54 Å². The summed E-state index contributed by atoms with van der Waals surface area (Å²) >= 11 is 1.68. The van der Waals surface area contributed by atoms with Crippen molar-refractivity contribution in [3.63, 3.8) is 0 Å². The maximum atomic E-state index is 4.58. The molecule has 8 heteroatoms. The fourth-order valence-corrected chi connectivity index (χ4v) is 3.03. The highest BCUT2D eigenvalue weighted by molar-refractivity contribution is 7.11. The summed E-state index contributed by atoms with van der Waals surface area (Å²) in [4.78, 5) is 10.1. The molecule has 0 saturated carbocycles. The van der Waals surface area contributed by atoms with Crippen molar-refractivity contribution in [2.75, 3.05) is 13.1 Å². The zero-order valence-corrected chi connectivity index (χ0v) is 14.7. The Morgan fingerprint density at radius 1 is 1.29 bits per heavy atom. The smallest absolute Gasteiger partial charge is 0.191 e. The Morgan fingerprint density at radius 3 is 3.00 bits per heavy atom. The van der Waals surface area contributed by atoms with E-state index in [2.05, 4.69) is 44.7 Å². The normalized spacial score (nSPS) is 11.8. The predicted octanol–water partition coefficient (Wildman–Crippen LogP) is 1.79. The van der Waals surface area contributed by atoms with Crippen molar-refractivity contribution in [1.29, 1.82) is 0 Å². The molecule has 0 unspecified atom stereocenters. The molecule has 0 radical (unpaired) electrons. The van der Waals surface area contributed by atoms with Gasteiger partial charge < -0.3 is 10.6 Å². The van der Waals surface area contributed by atoms with E-state index in [9.17, 15) is 0 Å². The number of aliphatic imine (C=N–C) groups is 1. The van der Waals surface area contributed by atoms with Crippen LogP contribution >= 0.6 is 11.3 Å². The fourth-order valence-electron chi connectivity index (χ4n) is 2.32. The first kappa shape index (κ1) is 16.4. The van der Waals surface area contributed by atoms with Crippen LogP contribution in [0.3, 0.4) is 0 Å². The number of hydrogen-bond acceptors (Lipinski definition) is 5. The molecule has 0 fully saturated rings. The second-order valence-corrected chi connectivity index (χ2v) is 6.60. The largest absolute Gasteiger partial charge is 0.357 e. The van der Waals surface area contributed by atoms with Gasteiger partial charge in [0.15, 0.2) is 11.6 Å². The van der Waals surface area contributed by atoms with E-state index in [0.29, 0.717) is 6.54 Å². The first-order valence-corrected chi connectivity index (χ1v) is 8.80. The van der Waals surface area contributed by atoms with Crippen LogP contribution in [0, 0.1) is 6.92 Å². The average Bonchev–Trinajstić information content (AvgIpc) is 3.19. The Morgan fingerprint density at radius 2 is 2.21 bits per heavy atom. The topological polar surface area (TPSA) is 79.5 Å². The Kier molecular flexibility index (Phi) is 5.37. The second-order valence-electron chi connectivity index (χ2n) is 5.28. The first-order valence-electron chi connectivity index (χ1n) is 7.98. The van der Waals surface area contributed by atoms with Gasteiger partial charge in [-0.2, -0.15) is 0 Å². The highest BCUT2D eigenvalue weighted by Crippen LogP contribution is 2.11. The molecular weight excluding hydrogens is 322 g/mol. The zero-order chi connectivity index (χ0) is 16.8. The van der Waals surface area contributed by atoms with Crippen LogP contribution in [-0.2, 0) is 13.0 Å². The molecule has 3 aromatic heterocycles. The Balaban J connectivity index is 1.57. The van der Waals surface area contributed by atoms with Gasteiger partial charge in [0.1, 0.15) is 10.8 Å². The molecule has 2 N–H and O–H groups in total. The molecule has 0 aliphatic heterocycles. The zero-order valence-electron chi connectivity index (χ0n) is 13.9. The van der Waals surface area contributed by atoms with Gasteiger partial charge in [0.25, 0.3) is 0 Å². The summed E-state index contributed by atoms with van der Waals surface area (Å²) < 4.78 is 2.00. The maximum absolute atomic E-state index is 4.58. The summed E-state index contributed by atoms with van der Waals surface area (Å²) in [7, 11) is 0. The van der Waals surface area contributed by atoms with Crippen molar-refractivity contribution in [2.24, 2.45) is 4.99 Å². The molecule has 0 saturated heterocycles. The number of aromatic nitrogens is 4. The highest BCUT2D eigenvalue weighted by Gasteiger charge is 2.05. The second kappa shape index (κ2) is 7.87. The monoisotopic (exact) mass is 343 g/mol. The van der Waals surface area contributed by atoms with Crippen LogP contribution in [0.2, 0.25) is 0 Å². The summed E-state index contributed by atoms with van der Waals surface area (Å²) in [5, 5.41) is 16.0. The van der Waals surface area contributed by atoms with E-state index in [1.807, 2.05) is 35.0 Å². The lowest BCUT2D eigenvalue weighted by Crippen LogP contribution is -2.38. The highest BCUT2D eigenvalue weighted by atomic mass is 32.1. The van der Waals surface area contributed by atoms with Crippen molar-refractivity contribution in [3.05, 3.63) is 46.3 Å². The number of nitrogens with one attached hydrogen (secondary N) is 2. The van der Waals surface area contributed by atoms with E-state index in [4.69, 9.17) is 0 Å². The standard InChI is InChI=1S/C16H21N7S/c1-3-17-16(20-11-15-19-10-12(2)24-15)18-8-7-14-22-21-13-6-4-5-9-23(13)14/h4-6,9-10H,3,7-8,11H2,1-2H3,(H2,17,18,20). The number of aryl methyl sites for hydroxylation is 1. The van der Waals surface area contributed by atoms with Crippen molar-refractivity contribution >= 4 is 22.9 Å². The van der Waals surface area contributed by atoms with Crippen molar-refractivity contribution in [1.82, 2.24) is 30.2 Å². The number of hydrogen-bond donors (Lipinski definition) is 2. The minimum absolute atomic E-state index is 0.585. The van der Waals surface area contributed by atoms with E-state index in [1.165, 1.54) is 4.88 Å². The molecule has 3 aromatic rings. The number of guanidine groups is 1. The fraction of sp³-hybridized carbons (Fsp3) is 0.375. The molecule has 0 bridgehead atoms. The van der Waals surface area contributed by atoms with Crippen molar-refractivity contribution in [3.8, 4) is 0 Å². The first-order chi connectivity index (χ1) is 11.8. The SMILES string of the molecule is CCNC(=NCc1ncc(C)s1)NCCc1nnc2ccccn12. The molecule has 0 spiro atoms. The van der Waals surface area contributed by atoms with Crippen LogP contribution in [0.15, 0.2) is 35.6 Å². The number of pyridine rings is 1. The molecule has 3 rings (SSSR count). The third-order valence-electron chi connectivity index (χ3n) is 3.41. The third kappa shape index (κ3) is 4.08. The summed E-state index contributed by atoms with van der Waals surface area (Å²) in [6.45, 7) is 6.24. The summed E-state index contributed by atoms with van der Waals surface area (Å²) in [6, 6.07) is 5.89. The van der Waals surface area contributed by atoms with Crippen LogP contribution < -0.4 is 10.6 Å². The van der Waals surface area contributed by atoms with E-state index >= 15 is 0 Å². The predicted molar refractivity (Wildman–Crippen MR) is 96.4 cm³/mol. The molecular formula is C16H21N7S. The molecule has 24 heavy (non-hydrogen) atoms. The van der Waals surface area contributed by atoms with Crippen LogP contribution in [0.4, 0.5) is 0 Å². The lowest BCUT2D eigenvalue weighted by molar-refractivity contribution is 0.763. The van der Waals surface area contributed by atoms with Crippen LogP contribution in [0.5, 0.6) is 0 Å². The minimum atomic E-state index is 0.585. The molecule has 0 aromatic carbocycles. The number of nitrogens with zero attached hydrogens (tertiary/aromatic N) is 5. The average molecular weight is 343 g/mol. The molecule has 7 nitrogen and oxygen atoms in total. The number of thiazole rings is 1. The van der Waals surface area contributed by atoms with Crippen molar-refractivity contribution < 1.29 is 0 Å². The van der Waals surface area contributed by atoms with Gasteiger partial charge >= 0.3 is 0 Å². The summed E-state index contributed by atoms with van der Waals surface area (Å²) in [6.07, 6.45) is 4.63.